The van der Waals surface area contributed by atoms with Crippen LogP contribution < -0.4 is 15.8 Å². The zero-order valence-electron chi connectivity index (χ0n) is 9.74. The minimum atomic E-state index is -3.15. The van der Waals surface area contributed by atoms with Gasteiger partial charge >= 0.3 is 0 Å². The summed E-state index contributed by atoms with van der Waals surface area (Å²) in [6.07, 6.45) is 0. The van der Waals surface area contributed by atoms with E-state index in [9.17, 15) is 18.7 Å². The first-order chi connectivity index (χ1) is 8.39. The Balaban J connectivity index is 2.71. The van der Waals surface area contributed by atoms with E-state index in [2.05, 4.69) is 0 Å². The maximum atomic E-state index is 12.8. The topological polar surface area (TPSA) is 84.6 Å². The van der Waals surface area contributed by atoms with E-state index in [1.165, 1.54) is 19.2 Å². The third-order valence-electron chi connectivity index (χ3n) is 2.25. The van der Waals surface area contributed by atoms with Gasteiger partial charge in [0.15, 0.2) is 11.5 Å². The Hall–Kier alpha value is -1.89. The zero-order chi connectivity index (χ0) is 13.8. The highest BCUT2D eigenvalue weighted by Gasteiger charge is 2.27. The summed E-state index contributed by atoms with van der Waals surface area (Å²) in [6, 6.07) is 3.86. The molecule has 1 rings (SSSR count). The number of methoxy groups -OCH3 is 1. The average Bonchev–Trinajstić information content (AvgIpc) is 2.36. The number of halogens is 2. The molecule has 0 aliphatic carbocycles. The summed E-state index contributed by atoms with van der Waals surface area (Å²) in [5.74, 6) is -3.92. The second kappa shape index (κ2) is 5.63. The number of nitrogens with one attached hydrogen (secondary N) is 1. The van der Waals surface area contributed by atoms with E-state index in [-0.39, 0.29) is 17.1 Å². The van der Waals surface area contributed by atoms with E-state index >= 15 is 0 Å². The maximum absolute atomic E-state index is 12.8. The molecule has 1 aromatic carbocycles. The van der Waals surface area contributed by atoms with Crippen LogP contribution in [-0.2, 0) is 0 Å². The molecule has 5 nitrogen and oxygen atoms in total. The second-order valence-electron chi connectivity index (χ2n) is 3.63. The van der Waals surface area contributed by atoms with Crippen molar-refractivity contribution in [2.24, 2.45) is 5.73 Å². The van der Waals surface area contributed by atoms with Crippen LogP contribution in [0, 0.1) is 0 Å². The lowest BCUT2D eigenvalue weighted by Crippen LogP contribution is -2.41. The number of rotatable bonds is 5. The van der Waals surface area contributed by atoms with Gasteiger partial charge in [0.05, 0.1) is 20.2 Å². The minimum Gasteiger partial charge on any atom is -0.504 e. The monoisotopic (exact) mass is 260 g/mol. The molecule has 100 valence electrons. The molecule has 1 amide bonds. The molecule has 1 aromatic rings. The predicted molar refractivity (Wildman–Crippen MR) is 61.0 cm³/mol. The molecule has 4 N–H and O–H groups in total. The van der Waals surface area contributed by atoms with Crippen LogP contribution in [-0.4, -0.2) is 37.1 Å². The predicted octanol–water partition coefficient (Wildman–Crippen LogP) is 0.725. The lowest BCUT2D eigenvalue weighted by molar-refractivity contribution is 0.0118. The van der Waals surface area contributed by atoms with Crippen molar-refractivity contribution < 1.29 is 23.4 Å². The zero-order valence-corrected chi connectivity index (χ0v) is 9.74. The van der Waals surface area contributed by atoms with E-state index in [0.29, 0.717) is 0 Å². The van der Waals surface area contributed by atoms with Gasteiger partial charge in [0.25, 0.3) is 11.8 Å². The number of phenols is 1. The summed E-state index contributed by atoms with van der Waals surface area (Å²) in [5.41, 5.74) is 4.89. The van der Waals surface area contributed by atoms with Gasteiger partial charge in [-0.1, -0.05) is 0 Å². The normalized spacial score (nSPS) is 11.1. The van der Waals surface area contributed by atoms with Crippen LogP contribution >= 0.6 is 0 Å². The molecule has 0 saturated carbocycles. The number of carbonyl (C=O) groups excluding carboxylic acids is 1. The van der Waals surface area contributed by atoms with Gasteiger partial charge in [0.2, 0.25) is 0 Å². The summed E-state index contributed by atoms with van der Waals surface area (Å²) in [6.45, 7) is -1.70. The molecule has 0 spiro atoms. The third-order valence-corrected chi connectivity index (χ3v) is 2.25. The highest BCUT2D eigenvalue weighted by molar-refractivity contribution is 5.94. The average molecular weight is 260 g/mol. The van der Waals surface area contributed by atoms with Gasteiger partial charge in [-0.3, -0.25) is 4.79 Å². The summed E-state index contributed by atoms with van der Waals surface area (Å²) < 4.78 is 30.4. The molecule has 0 atom stereocenters. The molecule has 0 saturated heterocycles. The van der Waals surface area contributed by atoms with Crippen molar-refractivity contribution in [3.8, 4) is 11.5 Å². The Bertz CT molecular complexity index is 438. The van der Waals surface area contributed by atoms with Gasteiger partial charge < -0.3 is 20.9 Å². The third kappa shape index (κ3) is 3.56. The first-order valence-electron chi connectivity index (χ1n) is 5.13. The smallest absolute Gasteiger partial charge is 0.277 e. The molecular formula is C11H14F2N2O3. The highest BCUT2D eigenvalue weighted by atomic mass is 19.3. The molecule has 0 heterocycles. The second-order valence-corrected chi connectivity index (χ2v) is 3.63. The van der Waals surface area contributed by atoms with Crippen molar-refractivity contribution in [1.82, 2.24) is 5.32 Å². The maximum Gasteiger partial charge on any atom is 0.277 e. The van der Waals surface area contributed by atoms with Crippen LogP contribution in [0.3, 0.4) is 0 Å². The molecule has 0 aromatic heterocycles. The van der Waals surface area contributed by atoms with Crippen LogP contribution in [0.15, 0.2) is 18.2 Å². The van der Waals surface area contributed by atoms with Crippen molar-refractivity contribution >= 4 is 5.91 Å². The Labute approximate surface area is 103 Å². The largest absolute Gasteiger partial charge is 0.504 e. The van der Waals surface area contributed by atoms with Gasteiger partial charge in [-0.2, -0.15) is 0 Å². The van der Waals surface area contributed by atoms with Crippen molar-refractivity contribution in [2.75, 3.05) is 20.2 Å². The van der Waals surface area contributed by atoms with Gasteiger partial charge in [0.1, 0.15) is 0 Å². The lowest BCUT2D eigenvalue weighted by atomic mass is 10.2. The molecule has 0 aliphatic rings. The number of alkyl halides is 2. The van der Waals surface area contributed by atoms with Crippen LogP contribution in [0.1, 0.15) is 10.4 Å². The summed E-state index contributed by atoms with van der Waals surface area (Å²) in [7, 11) is 1.36. The van der Waals surface area contributed by atoms with Crippen molar-refractivity contribution in [1.29, 1.82) is 0 Å². The number of phenolic OH excluding ortho intramolecular Hbond substituents is 1. The van der Waals surface area contributed by atoms with Crippen LogP contribution in [0.4, 0.5) is 8.78 Å². The number of carbonyl (C=O) groups is 1. The first-order valence-corrected chi connectivity index (χ1v) is 5.13. The Kier molecular flexibility index (Phi) is 4.43. The molecule has 7 heteroatoms. The van der Waals surface area contributed by atoms with Crippen molar-refractivity contribution in [2.45, 2.75) is 5.92 Å². The van der Waals surface area contributed by atoms with Crippen LogP contribution in [0.5, 0.6) is 11.5 Å². The number of hydrogen-bond donors (Lipinski definition) is 3. The lowest BCUT2D eigenvalue weighted by Gasteiger charge is -2.14. The number of nitrogens with two attached hydrogens (primary N) is 1. The number of hydrogen-bond acceptors (Lipinski definition) is 4. The Morgan fingerprint density at radius 3 is 2.72 bits per heavy atom. The van der Waals surface area contributed by atoms with Crippen LogP contribution in [0.25, 0.3) is 0 Å². The van der Waals surface area contributed by atoms with Crippen LogP contribution in [0.2, 0.25) is 0 Å². The van der Waals surface area contributed by atoms with Gasteiger partial charge in [-0.15, -0.1) is 0 Å². The van der Waals surface area contributed by atoms with E-state index in [1.807, 2.05) is 5.32 Å². The number of ether oxygens (including phenoxy) is 1. The fourth-order valence-corrected chi connectivity index (χ4v) is 1.22. The fraction of sp³-hybridized carbons (Fsp3) is 0.364. The Morgan fingerprint density at radius 2 is 2.22 bits per heavy atom. The first kappa shape index (κ1) is 14.2. The molecule has 18 heavy (non-hydrogen) atoms. The van der Waals surface area contributed by atoms with E-state index in [1.54, 1.807) is 0 Å². The fourth-order valence-electron chi connectivity index (χ4n) is 1.22. The van der Waals surface area contributed by atoms with Crippen molar-refractivity contribution in [3.63, 3.8) is 0 Å². The van der Waals surface area contributed by atoms with Crippen molar-refractivity contribution in [3.05, 3.63) is 23.8 Å². The number of amides is 1. The summed E-state index contributed by atoms with van der Waals surface area (Å²) in [4.78, 5) is 11.5. The molecule has 0 bridgehead atoms. The summed E-state index contributed by atoms with van der Waals surface area (Å²) >= 11 is 0. The Morgan fingerprint density at radius 1 is 1.56 bits per heavy atom. The van der Waals surface area contributed by atoms with E-state index < -0.39 is 24.9 Å². The van der Waals surface area contributed by atoms with Gasteiger partial charge in [0, 0.05) is 5.56 Å². The van der Waals surface area contributed by atoms with E-state index in [0.717, 1.165) is 6.07 Å². The SMILES string of the molecule is COc1ccc(C(=O)NCC(F)(F)CN)cc1O. The molecular weight excluding hydrogens is 246 g/mol. The number of benzene rings is 1. The molecule has 0 fully saturated rings. The highest BCUT2D eigenvalue weighted by Crippen LogP contribution is 2.26. The molecule has 0 aliphatic heterocycles. The number of aromatic hydroxyl groups is 1. The van der Waals surface area contributed by atoms with Gasteiger partial charge in [-0.05, 0) is 18.2 Å². The van der Waals surface area contributed by atoms with E-state index in [4.69, 9.17) is 10.5 Å². The molecule has 0 radical (unpaired) electrons. The summed E-state index contributed by atoms with van der Waals surface area (Å²) in [5, 5.41) is 11.5. The standard InChI is InChI=1S/C11H14F2N2O3/c1-18-9-3-2-7(4-8(9)16)10(17)15-6-11(12,13)5-14/h2-4,16H,5-6,14H2,1H3,(H,15,17). The molecule has 0 unspecified atom stereocenters. The van der Waals surface area contributed by atoms with Gasteiger partial charge in [-0.25, -0.2) is 8.78 Å². The quantitative estimate of drug-likeness (QED) is 0.728. The minimum absolute atomic E-state index is 0.0566.